The molecule has 1 aromatic carbocycles. The summed E-state index contributed by atoms with van der Waals surface area (Å²) < 4.78 is 14.4. The Kier molecular flexibility index (Phi) is 4.64. The summed E-state index contributed by atoms with van der Waals surface area (Å²) in [6, 6.07) is 9.00. The summed E-state index contributed by atoms with van der Waals surface area (Å²) in [5.41, 5.74) is 7.57. The minimum atomic E-state index is -0.557. The molecule has 1 unspecified atom stereocenters. The molecular weight excluding hydrogens is 265 g/mol. The number of halogens is 1. The van der Waals surface area contributed by atoms with Gasteiger partial charge in [-0.15, -0.1) is 0 Å². The van der Waals surface area contributed by atoms with Crippen molar-refractivity contribution in [3.05, 3.63) is 46.9 Å². The van der Waals surface area contributed by atoms with Gasteiger partial charge >= 0.3 is 0 Å². The Bertz CT molecular complexity index is 586. The summed E-state index contributed by atoms with van der Waals surface area (Å²) in [6.45, 7) is 0.799. The van der Waals surface area contributed by atoms with Gasteiger partial charge in [-0.1, -0.05) is 18.2 Å². The monoisotopic (exact) mass is 287 g/mol. The Morgan fingerprint density at radius 3 is 2.71 bits per heavy atom. The topological polar surface area (TPSA) is 53.0 Å². The number of benzene rings is 1. The molecule has 3 nitrogen and oxygen atoms in total. The normalized spacial score (nSPS) is 22.4. The van der Waals surface area contributed by atoms with Gasteiger partial charge < -0.3 is 10.6 Å². The first-order valence-corrected chi connectivity index (χ1v) is 7.30. The van der Waals surface area contributed by atoms with Crippen LogP contribution < -0.4 is 5.73 Å². The van der Waals surface area contributed by atoms with E-state index >= 15 is 0 Å². The number of rotatable bonds is 4. The maximum absolute atomic E-state index is 14.4. The van der Waals surface area contributed by atoms with Gasteiger partial charge in [0.2, 0.25) is 0 Å². The molecule has 2 N–H and O–H groups in total. The number of nitriles is 1. The van der Waals surface area contributed by atoms with E-state index in [0.717, 1.165) is 25.8 Å². The van der Waals surface area contributed by atoms with E-state index in [2.05, 4.69) is 11.0 Å². The van der Waals surface area contributed by atoms with Crippen molar-refractivity contribution >= 4 is 0 Å². The number of nitrogens with two attached hydrogens (primary N) is 1. The van der Waals surface area contributed by atoms with E-state index in [9.17, 15) is 9.65 Å². The van der Waals surface area contributed by atoms with Gasteiger partial charge in [0.25, 0.3) is 0 Å². The fraction of sp³-hybridized carbons (Fsp3) is 0.471. The molecule has 112 valence electrons. The van der Waals surface area contributed by atoms with Gasteiger partial charge in [-0.05, 0) is 58.0 Å². The van der Waals surface area contributed by atoms with Crippen molar-refractivity contribution in [2.75, 3.05) is 20.6 Å². The average molecular weight is 287 g/mol. The zero-order chi connectivity index (χ0) is 15.5. The maximum Gasteiger partial charge on any atom is 0.127 e. The van der Waals surface area contributed by atoms with Gasteiger partial charge in [0, 0.05) is 16.7 Å². The summed E-state index contributed by atoms with van der Waals surface area (Å²) in [7, 11) is 3.98. The zero-order valence-corrected chi connectivity index (χ0v) is 12.7. The lowest BCUT2D eigenvalue weighted by Gasteiger charge is -2.39. The molecule has 2 rings (SSSR count). The van der Waals surface area contributed by atoms with Crippen LogP contribution in [0.15, 0.2) is 35.5 Å². The Morgan fingerprint density at radius 1 is 1.38 bits per heavy atom. The van der Waals surface area contributed by atoms with Crippen LogP contribution >= 0.6 is 0 Å². The summed E-state index contributed by atoms with van der Waals surface area (Å²) in [5.74, 6) is -0.238. The molecule has 0 radical (unpaired) electrons. The molecule has 4 heteroatoms. The van der Waals surface area contributed by atoms with Crippen molar-refractivity contribution in [3.8, 4) is 6.07 Å². The predicted molar refractivity (Wildman–Crippen MR) is 81.9 cm³/mol. The number of hydrogen-bond acceptors (Lipinski definition) is 3. The van der Waals surface area contributed by atoms with Crippen molar-refractivity contribution in [2.45, 2.75) is 31.1 Å². The van der Waals surface area contributed by atoms with Gasteiger partial charge in [-0.25, -0.2) is 4.39 Å². The molecule has 1 aliphatic rings. The number of nitrogens with zero attached hydrogens (tertiary/aromatic N) is 2. The standard InChI is InChI=1S/C17H22FN3/c1-21(2)11-10-17(14-7-3-4-8-15(14)18)9-5-6-13(12-19)16(17)20/h3-4,7-8H,5-6,9-11,20H2,1-2H3. The lowest BCUT2D eigenvalue weighted by atomic mass is 9.67. The second-order valence-electron chi connectivity index (χ2n) is 5.97. The summed E-state index contributed by atoms with van der Waals surface area (Å²) in [4.78, 5) is 2.07. The molecule has 1 aromatic rings. The lowest BCUT2D eigenvalue weighted by molar-refractivity contribution is 0.306. The molecule has 21 heavy (non-hydrogen) atoms. The van der Waals surface area contributed by atoms with Gasteiger partial charge in [0.1, 0.15) is 5.82 Å². The maximum atomic E-state index is 14.4. The number of hydrogen-bond donors (Lipinski definition) is 1. The average Bonchev–Trinajstić information content (AvgIpc) is 2.47. The van der Waals surface area contributed by atoms with E-state index in [-0.39, 0.29) is 5.82 Å². The van der Waals surface area contributed by atoms with Crippen LogP contribution in [0.25, 0.3) is 0 Å². The van der Waals surface area contributed by atoms with Crippen molar-refractivity contribution in [1.82, 2.24) is 4.90 Å². The van der Waals surface area contributed by atoms with E-state index in [0.29, 0.717) is 23.3 Å². The van der Waals surface area contributed by atoms with Crippen LogP contribution in [0.3, 0.4) is 0 Å². The summed E-state index contributed by atoms with van der Waals surface area (Å²) >= 11 is 0. The number of allylic oxidation sites excluding steroid dienone is 2. The predicted octanol–water partition coefficient (Wildman–Crippen LogP) is 2.94. The van der Waals surface area contributed by atoms with Crippen LogP contribution in [0, 0.1) is 17.1 Å². The van der Waals surface area contributed by atoms with Crippen LogP contribution in [-0.2, 0) is 5.41 Å². The van der Waals surface area contributed by atoms with Crippen LogP contribution in [-0.4, -0.2) is 25.5 Å². The van der Waals surface area contributed by atoms with Crippen LogP contribution in [0.2, 0.25) is 0 Å². The van der Waals surface area contributed by atoms with E-state index in [1.54, 1.807) is 12.1 Å². The smallest absolute Gasteiger partial charge is 0.127 e. The highest BCUT2D eigenvalue weighted by Crippen LogP contribution is 2.44. The molecule has 0 saturated heterocycles. The van der Waals surface area contributed by atoms with Gasteiger partial charge in [0.05, 0.1) is 6.07 Å². The Labute approximate surface area is 125 Å². The molecule has 0 aromatic heterocycles. The van der Waals surface area contributed by atoms with Crippen molar-refractivity contribution in [3.63, 3.8) is 0 Å². The zero-order valence-electron chi connectivity index (χ0n) is 12.7. The fourth-order valence-corrected chi connectivity index (χ4v) is 3.18. The van der Waals surface area contributed by atoms with Gasteiger partial charge in [-0.3, -0.25) is 0 Å². The highest BCUT2D eigenvalue weighted by Gasteiger charge is 2.40. The summed E-state index contributed by atoms with van der Waals surface area (Å²) in [6.07, 6.45) is 3.07. The van der Waals surface area contributed by atoms with Crippen LogP contribution in [0.1, 0.15) is 31.2 Å². The van der Waals surface area contributed by atoms with Crippen molar-refractivity contribution < 1.29 is 4.39 Å². The first-order valence-electron chi connectivity index (χ1n) is 7.30. The van der Waals surface area contributed by atoms with Crippen LogP contribution in [0.4, 0.5) is 4.39 Å². The third kappa shape index (κ3) is 2.93. The molecule has 0 amide bonds. The van der Waals surface area contributed by atoms with E-state index in [1.807, 2.05) is 20.2 Å². The first kappa shape index (κ1) is 15.5. The summed E-state index contributed by atoms with van der Waals surface area (Å²) in [5, 5.41) is 9.30. The molecule has 0 spiro atoms. The molecule has 1 atom stereocenters. The quantitative estimate of drug-likeness (QED) is 0.926. The second kappa shape index (κ2) is 6.28. The van der Waals surface area contributed by atoms with Gasteiger partial charge in [0.15, 0.2) is 0 Å². The van der Waals surface area contributed by atoms with E-state index in [1.165, 1.54) is 6.07 Å². The third-order valence-electron chi connectivity index (χ3n) is 4.38. The van der Waals surface area contributed by atoms with Gasteiger partial charge in [-0.2, -0.15) is 5.26 Å². The van der Waals surface area contributed by atoms with E-state index in [4.69, 9.17) is 5.73 Å². The van der Waals surface area contributed by atoms with E-state index < -0.39 is 5.41 Å². The molecule has 0 bridgehead atoms. The molecular formula is C17H22FN3. The lowest BCUT2D eigenvalue weighted by Crippen LogP contribution is -2.39. The Hall–Kier alpha value is -1.86. The highest BCUT2D eigenvalue weighted by molar-refractivity contribution is 5.44. The highest BCUT2D eigenvalue weighted by atomic mass is 19.1. The fourth-order valence-electron chi connectivity index (χ4n) is 3.18. The molecule has 0 heterocycles. The first-order chi connectivity index (χ1) is 10.0. The largest absolute Gasteiger partial charge is 0.401 e. The minimum absolute atomic E-state index is 0.238. The van der Waals surface area contributed by atoms with Crippen molar-refractivity contribution in [2.24, 2.45) is 5.73 Å². The third-order valence-corrected chi connectivity index (χ3v) is 4.38. The van der Waals surface area contributed by atoms with Crippen LogP contribution in [0.5, 0.6) is 0 Å². The van der Waals surface area contributed by atoms with Crippen molar-refractivity contribution in [1.29, 1.82) is 5.26 Å². The molecule has 0 saturated carbocycles. The second-order valence-corrected chi connectivity index (χ2v) is 5.97. The minimum Gasteiger partial charge on any atom is -0.401 e. The Balaban J connectivity index is 2.55. The Morgan fingerprint density at radius 2 is 2.10 bits per heavy atom. The SMILES string of the molecule is CN(C)CCC1(c2ccccc2F)CCCC(C#N)=C1N. The molecule has 0 aliphatic heterocycles. The molecule has 0 fully saturated rings. The molecule has 1 aliphatic carbocycles.